The van der Waals surface area contributed by atoms with Gasteiger partial charge in [0.25, 0.3) is 0 Å². The molecule has 0 bridgehead atoms. The van der Waals surface area contributed by atoms with Gasteiger partial charge in [0, 0.05) is 24.7 Å². The van der Waals surface area contributed by atoms with Crippen molar-refractivity contribution in [1.82, 2.24) is 10.3 Å². The molecule has 1 N–H and O–H groups in total. The monoisotopic (exact) mass is 261 g/mol. The van der Waals surface area contributed by atoms with Gasteiger partial charge in [-0.2, -0.15) is 4.98 Å². The van der Waals surface area contributed by atoms with Crippen LogP contribution in [0.3, 0.4) is 0 Å². The summed E-state index contributed by atoms with van der Waals surface area (Å²) in [4.78, 5) is 7.09. The third-order valence-electron chi connectivity index (χ3n) is 4.32. The molecule has 1 aromatic rings. The van der Waals surface area contributed by atoms with Crippen molar-refractivity contribution in [3.63, 3.8) is 0 Å². The van der Waals surface area contributed by atoms with E-state index >= 15 is 0 Å². The Kier molecular flexibility index (Phi) is 3.87. The summed E-state index contributed by atoms with van der Waals surface area (Å²) in [6.45, 7) is 2.28. The molecule has 0 aromatic carbocycles. The Bertz CT molecular complexity index is 418. The Morgan fingerprint density at radius 2 is 2.21 bits per heavy atom. The lowest BCUT2D eigenvalue weighted by atomic mass is 9.94. The Labute approximate surface area is 115 Å². The number of anilines is 1. The van der Waals surface area contributed by atoms with Gasteiger partial charge in [-0.15, -0.1) is 0 Å². The van der Waals surface area contributed by atoms with Crippen LogP contribution in [0.2, 0.25) is 0 Å². The van der Waals surface area contributed by atoms with E-state index in [0.717, 1.165) is 12.4 Å². The van der Waals surface area contributed by atoms with Crippen LogP contribution in [0, 0.1) is 0 Å². The van der Waals surface area contributed by atoms with Crippen molar-refractivity contribution in [2.45, 2.75) is 44.2 Å². The second-order valence-electron chi connectivity index (χ2n) is 5.50. The second-order valence-corrected chi connectivity index (χ2v) is 5.50. The molecule has 104 valence electrons. The number of piperidine rings is 1. The minimum absolute atomic E-state index is 0.593. The SMILES string of the molecule is COc1cccc(N2CCCCC2C2CCCN2)n1. The predicted octanol–water partition coefficient (Wildman–Crippen LogP) is 2.20. The molecule has 0 saturated carbocycles. The third kappa shape index (κ3) is 2.68. The lowest BCUT2D eigenvalue weighted by Crippen LogP contribution is -2.50. The average Bonchev–Trinajstić information content (AvgIpc) is 3.01. The Hall–Kier alpha value is -1.29. The molecule has 0 spiro atoms. The standard InChI is InChI=1S/C15H23N3O/c1-19-15-9-4-8-14(17-15)18-11-3-2-7-13(18)12-6-5-10-16-12/h4,8-9,12-13,16H,2-3,5-7,10-11H2,1H3. The van der Waals surface area contributed by atoms with E-state index in [1.165, 1.54) is 38.6 Å². The van der Waals surface area contributed by atoms with Gasteiger partial charge in [0.2, 0.25) is 5.88 Å². The predicted molar refractivity (Wildman–Crippen MR) is 76.8 cm³/mol. The molecule has 2 atom stereocenters. The van der Waals surface area contributed by atoms with Crippen molar-refractivity contribution in [2.24, 2.45) is 0 Å². The number of nitrogens with one attached hydrogen (secondary N) is 1. The van der Waals surface area contributed by atoms with E-state index in [0.29, 0.717) is 18.0 Å². The summed E-state index contributed by atoms with van der Waals surface area (Å²) in [5.41, 5.74) is 0. The van der Waals surface area contributed by atoms with Crippen molar-refractivity contribution in [3.8, 4) is 5.88 Å². The summed E-state index contributed by atoms with van der Waals surface area (Å²) < 4.78 is 5.25. The number of methoxy groups -OCH3 is 1. The van der Waals surface area contributed by atoms with Crippen LogP contribution in [0.1, 0.15) is 32.1 Å². The zero-order chi connectivity index (χ0) is 13.1. The second kappa shape index (κ2) is 5.78. The van der Waals surface area contributed by atoms with Gasteiger partial charge in [0.05, 0.1) is 7.11 Å². The normalized spacial score (nSPS) is 27.5. The van der Waals surface area contributed by atoms with Gasteiger partial charge in [-0.1, -0.05) is 6.07 Å². The van der Waals surface area contributed by atoms with Crippen molar-refractivity contribution in [1.29, 1.82) is 0 Å². The largest absolute Gasteiger partial charge is 0.481 e. The fraction of sp³-hybridized carbons (Fsp3) is 0.667. The average molecular weight is 261 g/mol. The van der Waals surface area contributed by atoms with Crippen LogP contribution in [0.15, 0.2) is 18.2 Å². The number of aromatic nitrogens is 1. The Morgan fingerprint density at radius 1 is 1.26 bits per heavy atom. The zero-order valence-corrected chi connectivity index (χ0v) is 11.6. The number of hydrogen-bond acceptors (Lipinski definition) is 4. The van der Waals surface area contributed by atoms with Crippen molar-refractivity contribution in [2.75, 3.05) is 25.1 Å². The van der Waals surface area contributed by atoms with E-state index in [1.54, 1.807) is 7.11 Å². The molecule has 0 aliphatic carbocycles. The van der Waals surface area contributed by atoms with E-state index in [2.05, 4.69) is 21.3 Å². The molecule has 19 heavy (non-hydrogen) atoms. The van der Waals surface area contributed by atoms with Gasteiger partial charge in [0.15, 0.2) is 0 Å². The molecule has 0 amide bonds. The molecule has 4 nitrogen and oxygen atoms in total. The van der Waals surface area contributed by atoms with Crippen LogP contribution >= 0.6 is 0 Å². The van der Waals surface area contributed by atoms with Gasteiger partial charge in [-0.05, 0) is 44.7 Å². The number of ether oxygens (including phenoxy) is 1. The van der Waals surface area contributed by atoms with Gasteiger partial charge >= 0.3 is 0 Å². The zero-order valence-electron chi connectivity index (χ0n) is 11.6. The minimum atomic E-state index is 0.593. The van der Waals surface area contributed by atoms with Gasteiger partial charge in [-0.25, -0.2) is 0 Å². The first-order chi connectivity index (χ1) is 9.38. The molecule has 3 heterocycles. The van der Waals surface area contributed by atoms with Crippen molar-refractivity contribution in [3.05, 3.63) is 18.2 Å². The van der Waals surface area contributed by atoms with Crippen LogP contribution in [-0.2, 0) is 0 Å². The van der Waals surface area contributed by atoms with Crippen molar-refractivity contribution < 1.29 is 4.74 Å². The topological polar surface area (TPSA) is 37.4 Å². The maximum atomic E-state index is 5.25. The first-order valence-electron chi connectivity index (χ1n) is 7.39. The number of rotatable bonds is 3. The molecule has 4 heteroatoms. The summed E-state index contributed by atoms with van der Waals surface area (Å²) >= 11 is 0. The van der Waals surface area contributed by atoms with Gasteiger partial charge in [0.1, 0.15) is 5.82 Å². The number of hydrogen-bond donors (Lipinski definition) is 1. The molecule has 2 saturated heterocycles. The lowest BCUT2D eigenvalue weighted by Gasteiger charge is -2.40. The highest BCUT2D eigenvalue weighted by Gasteiger charge is 2.32. The highest BCUT2D eigenvalue weighted by Crippen LogP contribution is 2.28. The van der Waals surface area contributed by atoms with Crippen LogP contribution in [0.5, 0.6) is 5.88 Å². The molecule has 2 aliphatic heterocycles. The first kappa shape index (κ1) is 12.7. The lowest BCUT2D eigenvalue weighted by molar-refractivity contribution is 0.370. The highest BCUT2D eigenvalue weighted by atomic mass is 16.5. The van der Waals surface area contributed by atoms with E-state index in [9.17, 15) is 0 Å². The summed E-state index contributed by atoms with van der Waals surface area (Å²) in [6.07, 6.45) is 6.48. The van der Waals surface area contributed by atoms with E-state index in [4.69, 9.17) is 4.74 Å². The summed E-state index contributed by atoms with van der Waals surface area (Å²) in [5, 5.41) is 3.65. The molecular formula is C15H23N3O. The van der Waals surface area contributed by atoms with E-state index in [-0.39, 0.29) is 0 Å². The van der Waals surface area contributed by atoms with Crippen LogP contribution < -0.4 is 15.0 Å². The van der Waals surface area contributed by atoms with Gasteiger partial charge in [-0.3, -0.25) is 0 Å². The van der Waals surface area contributed by atoms with E-state index in [1.807, 2.05) is 12.1 Å². The van der Waals surface area contributed by atoms with E-state index < -0.39 is 0 Å². The van der Waals surface area contributed by atoms with Crippen molar-refractivity contribution >= 4 is 5.82 Å². The molecule has 0 radical (unpaired) electrons. The number of pyridine rings is 1. The maximum Gasteiger partial charge on any atom is 0.214 e. The van der Waals surface area contributed by atoms with Crippen LogP contribution in [0.25, 0.3) is 0 Å². The third-order valence-corrected chi connectivity index (χ3v) is 4.32. The molecule has 2 fully saturated rings. The van der Waals surface area contributed by atoms with Crippen LogP contribution in [0.4, 0.5) is 5.82 Å². The Balaban J connectivity index is 1.82. The molecule has 2 unspecified atom stereocenters. The maximum absolute atomic E-state index is 5.25. The molecule has 2 aliphatic rings. The van der Waals surface area contributed by atoms with Gasteiger partial charge < -0.3 is 15.0 Å². The smallest absolute Gasteiger partial charge is 0.214 e. The fourth-order valence-electron chi connectivity index (χ4n) is 3.38. The molecule has 1 aromatic heterocycles. The molecule has 3 rings (SSSR count). The summed E-state index contributed by atoms with van der Waals surface area (Å²) in [5.74, 6) is 1.78. The summed E-state index contributed by atoms with van der Waals surface area (Å²) in [7, 11) is 1.68. The molecular weight excluding hydrogens is 238 g/mol. The Morgan fingerprint density at radius 3 is 3.00 bits per heavy atom. The van der Waals surface area contributed by atoms with Crippen LogP contribution in [-0.4, -0.2) is 37.3 Å². The minimum Gasteiger partial charge on any atom is -0.481 e. The first-order valence-corrected chi connectivity index (χ1v) is 7.39. The summed E-state index contributed by atoms with van der Waals surface area (Å²) in [6, 6.07) is 7.28. The highest BCUT2D eigenvalue weighted by molar-refractivity contribution is 5.43. The number of nitrogens with zero attached hydrogens (tertiary/aromatic N) is 2. The fourth-order valence-corrected chi connectivity index (χ4v) is 3.38. The quantitative estimate of drug-likeness (QED) is 0.905.